The fourth-order valence-corrected chi connectivity index (χ4v) is 1.30. The Kier molecular flexibility index (Phi) is 3.00. The van der Waals surface area contributed by atoms with Crippen molar-refractivity contribution in [1.82, 2.24) is 0 Å². The van der Waals surface area contributed by atoms with Gasteiger partial charge in [-0.15, -0.1) is 0 Å². The Morgan fingerprint density at radius 2 is 1.92 bits per heavy atom. The first-order chi connectivity index (χ1) is 5.88. The summed E-state index contributed by atoms with van der Waals surface area (Å²) in [4.78, 5) is 4.32. The highest BCUT2D eigenvalue weighted by atomic mass is 14.8. The molecule has 0 aliphatic carbocycles. The van der Waals surface area contributed by atoms with Gasteiger partial charge in [-0.2, -0.15) is 0 Å². The number of nitrogens with two attached hydrogens (primary N) is 1. The van der Waals surface area contributed by atoms with Crippen LogP contribution in [0.15, 0.2) is 29.3 Å². The van der Waals surface area contributed by atoms with Crippen molar-refractivity contribution in [3.8, 4) is 0 Å². The molecular formula is C10H14N2. The summed E-state index contributed by atoms with van der Waals surface area (Å²) >= 11 is 0. The lowest BCUT2D eigenvalue weighted by Gasteiger charge is -1.94. The number of fused-ring (bicyclic) bond motifs is 1. The lowest BCUT2D eigenvalue weighted by molar-refractivity contribution is 1.11. The van der Waals surface area contributed by atoms with Crippen molar-refractivity contribution in [2.75, 3.05) is 7.05 Å². The van der Waals surface area contributed by atoms with E-state index < -0.39 is 0 Å². The fraction of sp³-hybridized carbons (Fsp3) is 0.300. The Labute approximate surface area is 73.1 Å². The second kappa shape index (κ2) is 4.02. The van der Waals surface area contributed by atoms with Gasteiger partial charge in [0.25, 0.3) is 0 Å². The van der Waals surface area contributed by atoms with E-state index in [4.69, 9.17) is 0 Å². The van der Waals surface area contributed by atoms with Crippen LogP contribution >= 0.6 is 0 Å². The number of rotatable bonds is 0. The van der Waals surface area contributed by atoms with Crippen LogP contribution in [0.2, 0.25) is 0 Å². The number of hydrogen-bond donors (Lipinski definition) is 1. The summed E-state index contributed by atoms with van der Waals surface area (Å²) in [7, 11) is 1.50. The van der Waals surface area contributed by atoms with Gasteiger partial charge in [0.05, 0.1) is 6.54 Å². The first kappa shape index (κ1) is 8.94. The molecule has 2 N–H and O–H groups in total. The minimum atomic E-state index is 0.877. The van der Waals surface area contributed by atoms with E-state index in [-0.39, 0.29) is 0 Å². The van der Waals surface area contributed by atoms with Crippen LogP contribution in [0.4, 0.5) is 0 Å². The summed E-state index contributed by atoms with van der Waals surface area (Å²) in [6, 6.07) is 8.38. The van der Waals surface area contributed by atoms with E-state index in [2.05, 4.69) is 41.9 Å². The van der Waals surface area contributed by atoms with E-state index in [9.17, 15) is 0 Å². The molecule has 0 saturated carbocycles. The van der Waals surface area contributed by atoms with Crippen molar-refractivity contribution in [3.63, 3.8) is 0 Å². The molecule has 1 aromatic carbocycles. The Morgan fingerprint density at radius 3 is 2.58 bits per heavy atom. The molecule has 0 saturated heterocycles. The zero-order valence-corrected chi connectivity index (χ0v) is 7.54. The number of aliphatic imine (C=N–C) groups is 1. The van der Waals surface area contributed by atoms with Crippen molar-refractivity contribution >= 4 is 5.71 Å². The molecule has 0 bridgehead atoms. The molecule has 0 unspecified atom stereocenters. The lowest BCUT2D eigenvalue weighted by atomic mass is 10.1. The van der Waals surface area contributed by atoms with Crippen molar-refractivity contribution < 1.29 is 0 Å². The Bertz CT molecular complexity index is 290. The van der Waals surface area contributed by atoms with Crippen LogP contribution in [-0.2, 0) is 6.54 Å². The smallest absolute Gasteiger partial charge is 0.0649 e. The maximum absolute atomic E-state index is 4.50. The highest BCUT2D eigenvalue weighted by molar-refractivity contribution is 6.01. The van der Waals surface area contributed by atoms with Crippen LogP contribution in [0.3, 0.4) is 0 Å². The third kappa shape index (κ3) is 1.53. The van der Waals surface area contributed by atoms with E-state index >= 15 is 0 Å². The van der Waals surface area contributed by atoms with Crippen LogP contribution in [0.5, 0.6) is 0 Å². The monoisotopic (exact) mass is 162 g/mol. The molecule has 12 heavy (non-hydrogen) atoms. The standard InChI is InChI=1S/C9H9N.CH5N/c1-7-9-5-3-2-4-8(9)6-10-7;1-2/h2-5H,6H2,1H3;2H2,1H3. The summed E-state index contributed by atoms with van der Waals surface area (Å²) in [6.45, 7) is 2.94. The Morgan fingerprint density at radius 1 is 1.25 bits per heavy atom. The topological polar surface area (TPSA) is 38.4 Å². The second-order valence-corrected chi connectivity index (χ2v) is 2.56. The lowest BCUT2D eigenvalue weighted by Crippen LogP contribution is -1.89. The summed E-state index contributed by atoms with van der Waals surface area (Å²) in [6.07, 6.45) is 0. The zero-order chi connectivity index (χ0) is 8.97. The summed E-state index contributed by atoms with van der Waals surface area (Å²) < 4.78 is 0. The molecule has 0 radical (unpaired) electrons. The number of nitrogens with zero attached hydrogens (tertiary/aromatic N) is 1. The molecule has 1 aromatic rings. The number of benzene rings is 1. The largest absolute Gasteiger partial charge is 0.333 e. The van der Waals surface area contributed by atoms with Crippen LogP contribution in [-0.4, -0.2) is 12.8 Å². The molecule has 64 valence electrons. The molecule has 2 heteroatoms. The zero-order valence-electron chi connectivity index (χ0n) is 7.54. The van der Waals surface area contributed by atoms with Crippen molar-refractivity contribution in [3.05, 3.63) is 35.4 Å². The van der Waals surface area contributed by atoms with Gasteiger partial charge in [0.2, 0.25) is 0 Å². The highest BCUT2D eigenvalue weighted by Crippen LogP contribution is 2.17. The van der Waals surface area contributed by atoms with Crippen LogP contribution in [0.1, 0.15) is 18.1 Å². The summed E-state index contributed by atoms with van der Waals surface area (Å²) in [5, 5.41) is 0. The minimum absolute atomic E-state index is 0.877. The van der Waals surface area contributed by atoms with Crippen LogP contribution in [0.25, 0.3) is 0 Å². The van der Waals surface area contributed by atoms with Gasteiger partial charge in [0.15, 0.2) is 0 Å². The molecule has 0 fully saturated rings. The van der Waals surface area contributed by atoms with Gasteiger partial charge < -0.3 is 5.73 Å². The van der Waals surface area contributed by atoms with Gasteiger partial charge in [0.1, 0.15) is 0 Å². The van der Waals surface area contributed by atoms with Crippen LogP contribution < -0.4 is 5.73 Å². The van der Waals surface area contributed by atoms with Gasteiger partial charge in [-0.3, -0.25) is 4.99 Å². The average molecular weight is 162 g/mol. The molecule has 2 rings (SSSR count). The van der Waals surface area contributed by atoms with Gasteiger partial charge in [0, 0.05) is 11.3 Å². The van der Waals surface area contributed by atoms with Gasteiger partial charge in [-0.05, 0) is 19.5 Å². The summed E-state index contributed by atoms with van der Waals surface area (Å²) in [5.74, 6) is 0. The quantitative estimate of drug-likeness (QED) is 0.618. The van der Waals surface area contributed by atoms with Gasteiger partial charge in [-0.1, -0.05) is 24.3 Å². The molecule has 2 nitrogen and oxygen atoms in total. The normalized spacial score (nSPS) is 12.8. The minimum Gasteiger partial charge on any atom is -0.333 e. The highest BCUT2D eigenvalue weighted by Gasteiger charge is 2.08. The average Bonchev–Trinajstić information content (AvgIpc) is 2.53. The first-order valence-electron chi connectivity index (χ1n) is 4.05. The van der Waals surface area contributed by atoms with Crippen molar-refractivity contribution in [2.45, 2.75) is 13.5 Å². The molecule has 0 spiro atoms. The third-order valence-electron chi connectivity index (χ3n) is 1.89. The van der Waals surface area contributed by atoms with E-state index in [0.717, 1.165) is 6.54 Å². The molecule has 1 aliphatic heterocycles. The molecule has 0 atom stereocenters. The van der Waals surface area contributed by atoms with Crippen molar-refractivity contribution in [2.24, 2.45) is 10.7 Å². The molecule has 1 aliphatic rings. The Balaban J connectivity index is 0.000000336. The maximum atomic E-state index is 4.50. The maximum Gasteiger partial charge on any atom is 0.0649 e. The fourth-order valence-electron chi connectivity index (χ4n) is 1.30. The predicted octanol–water partition coefficient (Wildman–Crippen LogP) is 1.58. The predicted molar refractivity (Wildman–Crippen MR) is 52.5 cm³/mol. The number of hydrogen-bond acceptors (Lipinski definition) is 2. The molecule has 0 amide bonds. The second-order valence-electron chi connectivity index (χ2n) is 2.56. The third-order valence-corrected chi connectivity index (χ3v) is 1.89. The van der Waals surface area contributed by atoms with Crippen molar-refractivity contribution in [1.29, 1.82) is 0 Å². The van der Waals surface area contributed by atoms with E-state index in [0.29, 0.717) is 0 Å². The van der Waals surface area contributed by atoms with E-state index in [1.165, 1.54) is 23.9 Å². The van der Waals surface area contributed by atoms with E-state index in [1.807, 2.05) is 0 Å². The SMILES string of the molecule is CC1=NCc2ccccc21.CN. The molecule has 0 aromatic heterocycles. The Hall–Kier alpha value is -1.15. The van der Waals surface area contributed by atoms with Crippen LogP contribution in [0, 0.1) is 0 Å². The molecule has 1 heterocycles. The van der Waals surface area contributed by atoms with E-state index in [1.54, 1.807) is 0 Å². The molecular weight excluding hydrogens is 148 g/mol. The summed E-state index contributed by atoms with van der Waals surface area (Å²) in [5.41, 5.74) is 8.36. The van der Waals surface area contributed by atoms with Gasteiger partial charge in [-0.25, -0.2) is 0 Å². The first-order valence-corrected chi connectivity index (χ1v) is 4.05. The van der Waals surface area contributed by atoms with Gasteiger partial charge >= 0.3 is 0 Å².